The second-order valence-corrected chi connectivity index (χ2v) is 6.23. The van der Waals surface area contributed by atoms with E-state index in [1.807, 2.05) is 12.1 Å². The molecular weight excluding hydrogens is 316 g/mol. The van der Waals surface area contributed by atoms with Crippen LogP contribution in [0.5, 0.6) is 5.75 Å². The predicted octanol–water partition coefficient (Wildman–Crippen LogP) is 1.06. The van der Waals surface area contributed by atoms with Crippen molar-refractivity contribution < 1.29 is 14.3 Å². The molecule has 1 unspecified atom stereocenters. The molecule has 0 bridgehead atoms. The Hall–Kier alpha value is -2.48. The van der Waals surface area contributed by atoms with Gasteiger partial charge in [0.05, 0.1) is 17.2 Å². The van der Waals surface area contributed by atoms with E-state index < -0.39 is 5.91 Å². The van der Waals surface area contributed by atoms with Crippen LogP contribution in [0.25, 0.3) is 0 Å². The summed E-state index contributed by atoms with van der Waals surface area (Å²) >= 11 is 1.55. The van der Waals surface area contributed by atoms with Crippen LogP contribution in [0.3, 0.4) is 0 Å². The molecule has 7 nitrogen and oxygen atoms in total. The van der Waals surface area contributed by atoms with E-state index in [2.05, 4.69) is 10.4 Å². The number of nitrogens with zero attached hydrogens (tertiary/aromatic N) is 2. The molecule has 1 aromatic carbocycles. The number of ether oxygens (including phenoxy) is 1. The molecule has 1 aliphatic rings. The summed E-state index contributed by atoms with van der Waals surface area (Å²) in [6.45, 7) is -0.150. The van der Waals surface area contributed by atoms with Gasteiger partial charge in [-0.05, 0) is 17.7 Å². The van der Waals surface area contributed by atoms with Crippen LogP contribution in [0.1, 0.15) is 16.4 Å². The number of hydrogen-bond donors (Lipinski definition) is 2. The number of nitrogens with two attached hydrogens (primary N) is 1. The van der Waals surface area contributed by atoms with E-state index in [1.54, 1.807) is 41.8 Å². The molecule has 3 rings (SSSR count). The number of fused-ring (bicyclic) bond motifs is 1. The summed E-state index contributed by atoms with van der Waals surface area (Å²) in [6, 6.07) is 7.41. The first-order valence-corrected chi connectivity index (χ1v) is 8.04. The Morgan fingerprint density at radius 2 is 2.22 bits per heavy atom. The number of hydrogen-bond acceptors (Lipinski definition) is 5. The van der Waals surface area contributed by atoms with Gasteiger partial charge in [0.25, 0.3) is 5.91 Å². The maximum absolute atomic E-state index is 11.8. The standard InChI is InChI=1S/C15H16N4O3S/c1-19-15-11(6-17-19)14(23-8-13(21)18-15)9-2-4-10(5-3-9)22-7-12(16)20/h2-6,14H,7-8H2,1H3,(H2,16,20)(H,18,21). The number of rotatable bonds is 4. The number of nitrogens with one attached hydrogen (secondary N) is 1. The van der Waals surface area contributed by atoms with E-state index >= 15 is 0 Å². The van der Waals surface area contributed by atoms with E-state index in [-0.39, 0.29) is 17.8 Å². The van der Waals surface area contributed by atoms with Crippen LogP contribution in [0.4, 0.5) is 5.82 Å². The number of carbonyl (C=O) groups is 2. The Bertz CT molecular complexity index is 742. The van der Waals surface area contributed by atoms with Crippen molar-refractivity contribution in [1.29, 1.82) is 0 Å². The van der Waals surface area contributed by atoms with E-state index in [0.717, 1.165) is 16.9 Å². The molecule has 2 amide bonds. The third kappa shape index (κ3) is 3.31. The molecule has 1 aromatic heterocycles. The van der Waals surface area contributed by atoms with Crippen molar-refractivity contribution >= 4 is 29.4 Å². The fraction of sp³-hybridized carbons (Fsp3) is 0.267. The topological polar surface area (TPSA) is 99.2 Å². The molecule has 1 aliphatic heterocycles. The zero-order chi connectivity index (χ0) is 16.4. The Balaban J connectivity index is 1.86. The molecule has 3 N–H and O–H groups in total. The highest BCUT2D eigenvalue weighted by Gasteiger charge is 2.26. The first-order chi connectivity index (χ1) is 11.0. The molecule has 23 heavy (non-hydrogen) atoms. The first-order valence-electron chi connectivity index (χ1n) is 6.99. The van der Waals surface area contributed by atoms with E-state index in [4.69, 9.17) is 10.5 Å². The van der Waals surface area contributed by atoms with Crippen molar-refractivity contribution in [3.8, 4) is 5.75 Å². The van der Waals surface area contributed by atoms with Crippen LogP contribution in [-0.4, -0.2) is 34.0 Å². The van der Waals surface area contributed by atoms with Gasteiger partial charge in [0.15, 0.2) is 6.61 Å². The lowest BCUT2D eigenvalue weighted by atomic mass is 10.1. The van der Waals surface area contributed by atoms with Gasteiger partial charge in [-0.3, -0.25) is 14.3 Å². The van der Waals surface area contributed by atoms with Crippen molar-refractivity contribution in [3.63, 3.8) is 0 Å². The summed E-state index contributed by atoms with van der Waals surface area (Å²) < 4.78 is 6.92. The van der Waals surface area contributed by atoms with Gasteiger partial charge in [-0.15, -0.1) is 11.8 Å². The van der Waals surface area contributed by atoms with E-state index in [9.17, 15) is 9.59 Å². The van der Waals surface area contributed by atoms with Crippen molar-refractivity contribution in [2.45, 2.75) is 5.25 Å². The number of carbonyl (C=O) groups excluding carboxylic acids is 2. The zero-order valence-corrected chi connectivity index (χ0v) is 13.3. The number of aromatic nitrogens is 2. The van der Waals surface area contributed by atoms with E-state index in [1.165, 1.54) is 0 Å². The largest absolute Gasteiger partial charge is 0.484 e. The number of primary amides is 1. The third-order valence-electron chi connectivity index (χ3n) is 3.45. The summed E-state index contributed by atoms with van der Waals surface area (Å²) in [4.78, 5) is 22.6. The fourth-order valence-electron chi connectivity index (χ4n) is 2.39. The smallest absolute Gasteiger partial charge is 0.255 e. The number of anilines is 1. The van der Waals surface area contributed by atoms with Crippen molar-refractivity contribution in [2.75, 3.05) is 17.7 Å². The van der Waals surface area contributed by atoms with Gasteiger partial charge in [-0.25, -0.2) is 0 Å². The van der Waals surface area contributed by atoms with Crippen LogP contribution in [0, 0.1) is 0 Å². The minimum Gasteiger partial charge on any atom is -0.484 e. The van der Waals surface area contributed by atoms with E-state index in [0.29, 0.717) is 11.5 Å². The minimum absolute atomic E-state index is 0.00263. The molecule has 2 heterocycles. The highest BCUT2D eigenvalue weighted by molar-refractivity contribution is 8.00. The summed E-state index contributed by atoms with van der Waals surface area (Å²) in [5.74, 6) is 1.12. The zero-order valence-electron chi connectivity index (χ0n) is 12.5. The molecule has 0 radical (unpaired) electrons. The molecule has 0 saturated heterocycles. The lowest BCUT2D eigenvalue weighted by molar-refractivity contribution is -0.120. The summed E-state index contributed by atoms with van der Waals surface area (Å²) in [6.07, 6.45) is 1.77. The lowest BCUT2D eigenvalue weighted by Gasteiger charge is -2.14. The van der Waals surface area contributed by atoms with Crippen LogP contribution in [0.2, 0.25) is 0 Å². The van der Waals surface area contributed by atoms with Crippen LogP contribution in [0.15, 0.2) is 30.5 Å². The highest BCUT2D eigenvalue weighted by Crippen LogP contribution is 2.41. The quantitative estimate of drug-likeness (QED) is 0.872. The van der Waals surface area contributed by atoms with Gasteiger partial charge in [0.1, 0.15) is 11.6 Å². The summed E-state index contributed by atoms with van der Waals surface area (Å²) in [7, 11) is 1.80. The van der Waals surface area contributed by atoms with Crippen molar-refractivity contribution in [3.05, 3.63) is 41.6 Å². The summed E-state index contributed by atoms with van der Waals surface area (Å²) in [5, 5.41) is 7.11. The Kier molecular flexibility index (Phi) is 4.24. The Morgan fingerprint density at radius 3 is 2.91 bits per heavy atom. The molecule has 0 saturated carbocycles. The number of benzene rings is 1. The van der Waals surface area contributed by atoms with Gasteiger partial charge < -0.3 is 15.8 Å². The lowest BCUT2D eigenvalue weighted by Crippen LogP contribution is -2.19. The molecule has 0 aliphatic carbocycles. The van der Waals surface area contributed by atoms with Gasteiger partial charge >= 0.3 is 0 Å². The first kappa shape index (κ1) is 15.4. The number of amides is 2. The van der Waals surface area contributed by atoms with Crippen molar-refractivity contribution in [1.82, 2.24) is 9.78 Å². The Labute approximate surface area is 137 Å². The van der Waals surface area contributed by atoms with Crippen LogP contribution >= 0.6 is 11.8 Å². The highest BCUT2D eigenvalue weighted by atomic mass is 32.2. The molecule has 1 atom stereocenters. The normalized spacial score (nSPS) is 17.1. The molecule has 0 fully saturated rings. The molecule has 8 heteroatoms. The number of aryl methyl sites for hydroxylation is 1. The van der Waals surface area contributed by atoms with Crippen molar-refractivity contribution in [2.24, 2.45) is 12.8 Å². The van der Waals surface area contributed by atoms with Crippen LogP contribution < -0.4 is 15.8 Å². The average molecular weight is 332 g/mol. The molecular formula is C15H16N4O3S. The van der Waals surface area contributed by atoms with Crippen LogP contribution in [-0.2, 0) is 16.6 Å². The SMILES string of the molecule is Cn1ncc2c1NC(=O)CSC2c1ccc(OCC(N)=O)cc1. The Morgan fingerprint density at radius 1 is 1.48 bits per heavy atom. The summed E-state index contributed by atoms with van der Waals surface area (Å²) in [5.41, 5.74) is 7.06. The van der Waals surface area contributed by atoms with Gasteiger partial charge in [0, 0.05) is 12.6 Å². The maximum Gasteiger partial charge on any atom is 0.255 e. The molecule has 120 valence electrons. The van der Waals surface area contributed by atoms with Gasteiger partial charge in [0.2, 0.25) is 5.91 Å². The maximum atomic E-state index is 11.8. The van der Waals surface area contributed by atoms with Gasteiger partial charge in [-0.1, -0.05) is 12.1 Å². The third-order valence-corrected chi connectivity index (χ3v) is 4.74. The predicted molar refractivity (Wildman–Crippen MR) is 87.3 cm³/mol. The molecule has 2 aromatic rings. The molecule has 0 spiro atoms. The van der Waals surface area contributed by atoms with Gasteiger partial charge in [-0.2, -0.15) is 5.10 Å². The fourth-order valence-corrected chi connectivity index (χ4v) is 3.48. The second kappa shape index (κ2) is 6.33. The number of thioether (sulfide) groups is 1. The monoisotopic (exact) mass is 332 g/mol. The second-order valence-electron chi connectivity index (χ2n) is 5.14. The average Bonchev–Trinajstić information content (AvgIpc) is 2.79. The minimum atomic E-state index is -0.516.